The minimum atomic E-state index is -0.946. The van der Waals surface area contributed by atoms with Gasteiger partial charge < -0.3 is 21.0 Å². The molecule has 1 aliphatic heterocycles. The Labute approximate surface area is 114 Å². The molecule has 0 atom stereocenters. The Morgan fingerprint density at radius 2 is 2.05 bits per heavy atom. The number of amides is 1. The summed E-state index contributed by atoms with van der Waals surface area (Å²) in [7, 11) is 0. The van der Waals surface area contributed by atoms with E-state index in [4.69, 9.17) is 15.7 Å². The molecule has 0 aliphatic carbocycles. The maximum atomic E-state index is 12.6. The smallest absolute Gasteiger partial charge is 0.234 e. The Morgan fingerprint density at radius 1 is 1.47 bits per heavy atom. The highest BCUT2D eigenvalue weighted by Gasteiger charge is 2.45. The van der Waals surface area contributed by atoms with Crippen LogP contribution in [0.5, 0.6) is 0 Å². The van der Waals surface area contributed by atoms with Gasteiger partial charge in [0, 0.05) is 18.8 Å². The number of nitrogens with zero attached hydrogens (tertiary/aromatic N) is 1. The van der Waals surface area contributed by atoms with E-state index >= 15 is 0 Å². The van der Waals surface area contributed by atoms with Crippen LogP contribution in [0.3, 0.4) is 0 Å². The first kappa shape index (κ1) is 15.8. The Hall–Kier alpha value is -1.30. The molecule has 0 aromatic carbocycles. The molecule has 0 bridgehead atoms. The van der Waals surface area contributed by atoms with Gasteiger partial charge in [-0.05, 0) is 33.1 Å². The quantitative estimate of drug-likeness (QED) is 0.303. The van der Waals surface area contributed by atoms with Gasteiger partial charge in [-0.15, -0.1) is 0 Å². The van der Waals surface area contributed by atoms with Crippen molar-refractivity contribution in [3.63, 3.8) is 0 Å². The predicted molar refractivity (Wildman–Crippen MR) is 73.0 cm³/mol. The molecule has 110 valence electrons. The van der Waals surface area contributed by atoms with Crippen molar-refractivity contribution in [1.29, 1.82) is 0 Å². The first-order chi connectivity index (χ1) is 8.88. The minimum Gasteiger partial charge on any atom is -0.409 e. The van der Waals surface area contributed by atoms with E-state index in [2.05, 4.69) is 17.4 Å². The molecule has 1 rings (SSSR count). The zero-order chi connectivity index (χ0) is 14.5. The molecule has 1 aliphatic rings. The number of carbonyl (C=O) groups is 1. The van der Waals surface area contributed by atoms with Gasteiger partial charge in [0.15, 0.2) is 5.84 Å². The first-order valence-corrected chi connectivity index (χ1v) is 6.76. The largest absolute Gasteiger partial charge is 0.409 e. The van der Waals surface area contributed by atoms with Crippen LogP contribution in [0.25, 0.3) is 0 Å². The van der Waals surface area contributed by atoms with Gasteiger partial charge in [-0.1, -0.05) is 18.5 Å². The Balaban J connectivity index is 2.90. The molecule has 4 N–H and O–H groups in total. The van der Waals surface area contributed by atoms with E-state index in [9.17, 15) is 4.79 Å². The van der Waals surface area contributed by atoms with Crippen LogP contribution in [-0.4, -0.2) is 35.7 Å². The summed E-state index contributed by atoms with van der Waals surface area (Å²) in [6, 6.07) is 0. The fraction of sp³-hybridized carbons (Fsp3) is 0.846. The number of amidine groups is 1. The van der Waals surface area contributed by atoms with Crippen molar-refractivity contribution in [2.75, 3.05) is 13.2 Å². The molecule has 0 unspecified atom stereocenters. The molecule has 6 heteroatoms. The number of rotatable bonds is 5. The van der Waals surface area contributed by atoms with Crippen molar-refractivity contribution < 1.29 is 14.7 Å². The summed E-state index contributed by atoms with van der Waals surface area (Å²) in [4.78, 5) is 12.6. The Bertz CT molecular complexity index is 347. The molecular formula is C13H25N3O3. The van der Waals surface area contributed by atoms with Crippen LogP contribution in [0.2, 0.25) is 0 Å². The lowest BCUT2D eigenvalue weighted by Crippen LogP contribution is -2.57. The summed E-state index contributed by atoms with van der Waals surface area (Å²) < 4.78 is 5.28. The van der Waals surface area contributed by atoms with E-state index in [0.29, 0.717) is 26.1 Å². The maximum Gasteiger partial charge on any atom is 0.234 e. The molecule has 0 saturated carbocycles. The van der Waals surface area contributed by atoms with Crippen LogP contribution in [0.4, 0.5) is 0 Å². The van der Waals surface area contributed by atoms with Gasteiger partial charge in [-0.25, -0.2) is 0 Å². The third-order valence-electron chi connectivity index (χ3n) is 3.71. The Morgan fingerprint density at radius 3 is 2.53 bits per heavy atom. The van der Waals surface area contributed by atoms with Crippen LogP contribution in [-0.2, 0) is 9.53 Å². The molecule has 1 fully saturated rings. The van der Waals surface area contributed by atoms with Crippen LogP contribution in [0.15, 0.2) is 5.16 Å². The topological polar surface area (TPSA) is 96.9 Å². The van der Waals surface area contributed by atoms with E-state index in [0.717, 1.165) is 12.8 Å². The predicted octanol–water partition coefficient (Wildman–Crippen LogP) is 1.22. The Kier molecular flexibility index (Phi) is 5.17. The van der Waals surface area contributed by atoms with Crippen molar-refractivity contribution in [3.05, 3.63) is 0 Å². The van der Waals surface area contributed by atoms with Gasteiger partial charge in [0.05, 0.1) is 0 Å². The number of oxime groups is 1. The SMILES string of the molecule is CCCC(C)(C)NC(=O)C1(C(N)=NO)CCOCC1. The number of hydrogen-bond acceptors (Lipinski definition) is 4. The number of ether oxygens (including phenoxy) is 1. The highest BCUT2D eigenvalue weighted by Crippen LogP contribution is 2.32. The third kappa shape index (κ3) is 3.59. The third-order valence-corrected chi connectivity index (χ3v) is 3.71. The minimum absolute atomic E-state index is 0.0272. The lowest BCUT2D eigenvalue weighted by atomic mass is 9.77. The molecule has 19 heavy (non-hydrogen) atoms. The van der Waals surface area contributed by atoms with E-state index in [-0.39, 0.29) is 17.3 Å². The van der Waals surface area contributed by atoms with Crippen molar-refractivity contribution in [3.8, 4) is 0 Å². The summed E-state index contributed by atoms with van der Waals surface area (Å²) in [5, 5.41) is 15.0. The lowest BCUT2D eigenvalue weighted by molar-refractivity contribution is -0.133. The van der Waals surface area contributed by atoms with Crippen LogP contribution >= 0.6 is 0 Å². The standard InChI is InChI=1S/C13H25N3O3/c1-4-5-12(2,3)15-11(17)13(10(14)16-18)6-8-19-9-7-13/h18H,4-9H2,1-3H3,(H2,14,16)(H,15,17). The summed E-state index contributed by atoms with van der Waals surface area (Å²) in [5.74, 6) is -0.204. The molecule has 0 aromatic heterocycles. The van der Waals surface area contributed by atoms with Gasteiger partial charge in [-0.3, -0.25) is 4.79 Å². The fourth-order valence-electron chi connectivity index (χ4n) is 2.53. The van der Waals surface area contributed by atoms with Gasteiger partial charge >= 0.3 is 0 Å². The molecule has 1 heterocycles. The second kappa shape index (κ2) is 6.23. The molecule has 1 saturated heterocycles. The van der Waals surface area contributed by atoms with Crippen molar-refractivity contribution >= 4 is 11.7 Å². The molecular weight excluding hydrogens is 246 g/mol. The van der Waals surface area contributed by atoms with E-state index < -0.39 is 5.41 Å². The van der Waals surface area contributed by atoms with Gasteiger partial charge in [0.2, 0.25) is 5.91 Å². The average molecular weight is 271 g/mol. The molecule has 0 radical (unpaired) electrons. The number of nitrogens with one attached hydrogen (secondary N) is 1. The van der Waals surface area contributed by atoms with Gasteiger partial charge in [0.25, 0.3) is 0 Å². The van der Waals surface area contributed by atoms with Crippen molar-refractivity contribution in [2.24, 2.45) is 16.3 Å². The van der Waals surface area contributed by atoms with E-state index in [1.54, 1.807) is 0 Å². The number of hydrogen-bond donors (Lipinski definition) is 3. The number of nitrogens with two attached hydrogens (primary N) is 1. The summed E-state index contributed by atoms with van der Waals surface area (Å²) in [6.45, 7) is 6.92. The van der Waals surface area contributed by atoms with Gasteiger partial charge in [0.1, 0.15) is 5.41 Å². The van der Waals surface area contributed by atoms with Crippen LogP contribution < -0.4 is 11.1 Å². The van der Waals surface area contributed by atoms with E-state index in [1.165, 1.54) is 0 Å². The molecule has 0 aromatic rings. The molecule has 6 nitrogen and oxygen atoms in total. The maximum absolute atomic E-state index is 12.6. The van der Waals surface area contributed by atoms with Crippen LogP contribution in [0.1, 0.15) is 46.5 Å². The normalized spacial score (nSPS) is 20.1. The molecule has 0 spiro atoms. The highest BCUT2D eigenvalue weighted by atomic mass is 16.5. The fourth-order valence-corrected chi connectivity index (χ4v) is 2.53. The molecule has 1 amide bonds. The first-order valence-electron chi connectivity index (χ1n) is 6.76. The van der Waals surface area contributed by atoms with Crippen molar-refractivity contribution in [2.45, 2.75) is 52.0 Å². The second-order valence-corrected chi connectivity index (χ2v) is 5.77. The van der Waals surface area contributed by atoms with Crippen LogP contribution in [0, 0.1) is 5.41 Å². The second-order valence-electron chi connectivity index (χ2n) is 5.77. The van der Waals surface area contributed by atoms with E-state index in [1.807, 2.05) is 13.8 Å². The lowest BCUT2D eigenvalue weighted by Gasteiger charge is -2.37. The zero-order valence-corrected chi connectivity index (χ0v) is 12.0. The average Bonchev–Trinajstić information content (AvgIpc) is 2.37. The van der Waals surface area contributed by atoms with Crippen molar-refractivity contribution in [1.82, 2.24) is 5.32 Å². The highest BCUT2D eigenvalue weighted by molar-refractivity contribution is 6.07. The monoisotopic (exact) mass is 271 g/mol. The summed E-state index contributed by atoms with van der Waals surface area (Å²) in [5.41, 5.74) is 4.51. The summed E-state index contributed by atoms with van der Waals surface area (Å²) >= 11 is 0. The summed E-state index contributed by atoms with van der Waals surface area (Å²) in [6.07, 6.45) is 2.74. The zero-order valence-electron chi connectivity index (χ0n) is 12.0. The van der Waals surface area contributed by atoms with Gasteiger partial charge in [-0.2, -0.15) is 0 Å². The number of carbonyl (C=O) groups excluding carboxylic acids is 1.